The molecular weight excluding hydrogens is 324 g/mol. The van der Waals surface area contributed by atoms with Crippen molar-refractivity contribution in [1.29, 1.82) is 0 Å². The van der Waals surface area contributed by atoms with Crippen LogP contribution in [0.15, 0.2) is 47.7 Å². The molecule has 0 bridgehead atoms. The third-order valence-corrected chi connectivity index (χ3v) is 3.97. The van der Waals surface area contributed by atoms with Gasteiger partial charge in [-0.25, -0.2) is 9.67 Å². The molecule has 2 heterocycles. The molecule has 1 aromatic carbocycles. The van der Waals surface area contributed by atoms with Gasteiger partial charge in [0.1, 0.15) is 17.5 Å². The number of carbonyl (C=O) groups excluding carboxylic acids is 2. The molecule has 0 aliphatic rings. The summed E-state index contributed by atoms with van der Waals surface area (Å²) < 4.78 is 1.28. The first kappa shape index (κ1) is 16.4. The highest BCUT2D eigenvalue weighted by atomic mass is 16.2. The normalized spacial score (nSPS) is 13.3. The van der Waals surface area contributed by atoms with Gasteiger partial charge < -0.3 is 16.0 Å². The fourth-order valence-electron chi connectivity index (χ4n) is 2.52. The minimum Gasteiger partial charge on any atom is -0.367 e. The summed E-state index contributed by atoms with van der Waals surface area (Å²) in [4.78, 5) is 42.5. The van der Waals surface area contributed by atoms with Gasteiger partial charge in [0.25, 0.3) is 5.56 Å². The van der Waals surface area contributed by atoms with Gasteiger partial charge in [-0.1, -0.05) is 30.3 Å². The Morgan fingerprint density at radius 3 is 2.72 bits per heavy atom. The number of benzene rings is 1. The molecule has 9 heteroatoms. The van der Waals surface area contributed by atoms with Gasteiger partial charge in [-0.3, -0.25) is 14.4 Å². The molecule has 0 radical (unpaired) electrons. The molecule has 0 fully saturated rings. The number of hydrogen-bond donors (Lipinski definition) is 3. The standard InChI is InChI=1S/C16H16N6O3/c1-16(15(17)25,10-5-3-2-4-6-10)21-12(23)8-22-13-11(7-20-22)14(24)19-9-18-13/h2-7,9H,8H2,1H3,(H2,17,25)(H,21,23)(H,18,19,24). The Morgan fingerprint density at radius 2 is 2.04 bits per heavy atom. The summed E-state index contributed by atoms with van der Waals surface area (Å²) in [5.41, 5.74) is 4.63. The zero-order valence-electron chi connectivity index (χ0n) is 13.4. The number of carbonyl (C=O) groups is 2. The van der Waals surface area contributed by atoms with Crippen molar-refractivity contribution in [3.8, 4) is 0 Å². The topological polar surface area (TPSA) is 136 Å². The lowest BCUT2D eigenvalue weighted by atomic mass is 9.91. The van der Waals surface area contributed by atoms with Crippen LogP contribution in [-0.2, 0) is 21.7 Å². The van der Waals surface area contributed by atoms with E-state index in [0.717, 1.165) is 0 Å². The van der Waals surface area contributed by atoms with Crippen LogP contribution in [-0.4, -0.2) is 31.6 Å². The number of nitrogens with one attached hydrogen (secondary N) is 2. The third kappa shape index (κ3) is 2.99. The molecule has 9 nitrogen and oxygen atoms in total. The van der Waals surface area contributed by atoms with E-state index in [4.69, 9.17) is 5.73 Å². The Balaban J connectivity index is 1.86. The maximum atomic E-state index is 12.4. The van der Waals surface area contributed by atoms with Gasteiger partial charge in [0.15, 0.2) is 5.65 Å². The predicted molar refractivity (Wildman–Crippen MR) is 89.3 cm³/mol. The van der Waals surface area contributed by atoms with Crippen LogP contribution < -0.4 is 16.6 Å². The Labute approximate surface area is 141 Å². The van der Waals surface area contributed by atoms with Crippen LogP contribution >= 0.6 is 0 Å². The van der Waals surface area contributed by atoms with E-state index in [1.165, 1.54) is 24.1 Å². The minimum absolute atomic E-state index is 0.213. The molecule has 0 saturated heterocycles. The van der Waals surface area contributed by atoms with Gasteiger partial charge in [0, 0.05) is 0 Å². The van der Waals surface area contributed by atoms with Crippen LogP contribution in [0, 0.1) is 0 Å². The van der Waals surface area contributed by atoms with E-state index in [2.05, 4.69) is 20.4 Å². The van der Waals surface area contributed by atoms with Crippen LogP contribution in [0.5, 0.6) is 0 Å². The van der Waals surface area contributed by atoms with Crippen LogP contribution in [0.2, 0.25) is 0 Å². The quantitative estimate of drug-likeness (QED) is 0.582. The van der Waals surface area contributed by atoms with Crippen molar-refractivity contribution in [3.63, 3.8) is 0 Å². The first-order valence-corrected chi connectivity index (χ1v) is 7.47. The monoisotopic (exact) mass is 340 g/mol. The van der Waals surface area contributed by atoms with E-state index in [-0.39, 0.29) is 23.1 Å². The molecule has 1 atom stereocenters. The summed E-state index contributed by atoms with van der Waals surface area (Å²) in [5.74, 6) is -1.18. The number of fused-ring (bicyclic) bond motifs is 1. The maximum absolute atomic E-state index is 12.4. The first-order valence-electron chi connectivity index (χ1n) is 7.47. The molecule has 0 aliphatic carbocycles. The van der Waals surface area contributed by atoms with Crippen LogP contribution in [0.4, 0.5) is 0 Å². The van der Waals surface area contributed by atoms with E-state index in [1.807, 2.05) is 0 Å². The number of nitrogens with two attached hydrogens (primary N) is 1. The highest BCUT2D eigenvalue weighted by Crippen LogP contribution is 2.20. The number of aromatic nitrogens is 4. The van der Waals surface area contributed by atoms with E-state index in [1.54, 1.807) is 30.3 Å². The predicted octanol–water partition coefficient (Wildman–Crippen LogP) is -0.363. The Bertz CT molecular complexity index is 994. The number of rotatable bonds is 5. The van der Waals surface area contributed by atoms with E-state index in [9.17, 15) is 14.4 Å². The Hall–Kier alpha value is -3.49. The number of hydrogen-bond acceptors (Lipinski definition) is 5. The van der Waals surface area contributed by atoms with Gasteiger partial charge in [0.05, 0.1) is 12.5 Å². The van der Waals surface area contributed by atoms with Gasteiger partial charge in [-0.15, -0.1) is 0 Å². The number of amides is 2. The Morgan fingerprint density at radius 1 is 1.32 bits per heavy atom. The molecule has 3 rings (SSSR count). The van der Waals surface area contributed by atoms with Gasteiger partial charge in [0.2, 0.25) is 11.8 Å². The highest BCUT2D eigenvalue weighted by molar-refractivity contribution is 5.91. The van der Waals surface area contributed by atoms with E-state index >= 15 is 0 Å². The SMILES string of the molecule is CC(NC(=O)Cn1ncc2c(=O)[nH]cnc21)(C(N)=O)c1ccccc1. The summed E-state index contributed by atoms with van der Waals surface area (Å²) in [5, 5.41) is 6.91. The van der Waals surface area contributed by atoms with Crippen molar-refractivity contribution < 1.29 is 9.59 Å². The van der Waals surface area contributed by atoms with E-state index in [0.29, 0.717) is 5.56 Å². The molecule has 2 aromatic heterocycles. The summed E-state index contributed by atoms with van der Waals surface area (Å²) in [6.07, 6.45) is 2.57. The number of primary amides is 1. The lowest BCUT2D eigenvalue weighted by Gasteiger charge is -2.28. The molecule has 1 unspecified atom stereocenters. The van der Waals surface area contributed by atoms with Crippen molar-refractivity contribution in [2.45, 2.75) is 19.0 Å². The van der Waals surface area contributed by atoms with Crippen molar-refractivity contribution >= 4 is 22.8 Å². The van der Waals surface area contributed by atoms with Gasteiger partial charge >= 0.3 is 0 Å². The second kappa shape index (κ2) is 6.19. The first-order chi connectivity index (χ1) is 11.9. The molecule has 3 aromatic rings. The van der Waals surface area contributed by atoms with E-state index < -0.39 is 17.4 Å². The van der Waals surface area contributed by atoms with Gasteiger partial charge in [-0.05, 0) is 12.5 Å². The largest absolute Gasteiger partial charge is 0.367 e. The highest BCUT2D eigenvalue weighted by Gasteiger charge is 2.34. The Kier molecular flexibility index (Phi) is 4.05. The smallest absolute Gasteiger partial charge is 0.261 e. The zero-order valence-corrected chi connectivity index (χ0v) is 13.4. The third-order valence-electron chi connectivity index (χ3n) is 3.97. The fraction of sp³-hybridized carbons (Fsp3) is 0.188. The molecule has 2 amide bonds. The van der Waals surface area contributed by atoms with Crippen molar-refractivity contribution in [2.24, 2.45) is 5.73 Å². The fourth-order valence-corrected chi connectivity index (χ4v) is 2.52. The maximum Gasteiger partial charge on any atom is 0.261 e. The summed E-state index contributed by atoms with van der Waals surface area (Å²) in [6.45, 7) is 1.32. The van der Waals surface area contributed by atoms with Crippen LogP contribution in [0.3, 0.4) is 0 Å². The minimum atomic E-state index is -1.37. The van der Waals surface area contributed by atoms with Crippen molar-refractivity contribution in [2.75, 3.05) is 0 Å². The van der Waals surface area contributed by atoms with Crippen molar-refractivity contribution in [3.05, 3.63) is 58.8 Å². The molecule has 4 N–H and O–H groups in total. The second-order valence-electron chi connectivity index (χ2n) is 5.67. The summed E-state index contributed by atoms with van der Waals surface area (Å²) >= 11 is 0. The van der Waals surface area contributed by atoms with Crippen molar-refractivity contribution in [1.82, 2.24) is 25.1 Å². The molecule has 0 saturated carbocycles. The molecule has 0 spiro atoms. The summed E-state index contributed by atoms with van der Waals surface area (Å²) in [7, 11) is 0. The number of aromatic amines is 1. The van der Waals surface area contributed by atoms with Crippen LogP contribution in [0.25, 0.3) is 11.0 Å². The second-order valence-corrected chi connectivity index (χ2v) is 5.67. The lowest BCUT2D eigenvalue weighted by molar-refractivity contribution is -0.131. The van der Waals surface area contributed by atoms with Crippen LogP contribution in [0.1, 0.15) is 12.5 Å². The molecule has 128 valence electrons. The van der Waals surface area contributed by atoms with Gasteiger partial charge in [-0.2, -0.15) is 5.10 Å². The number of H-pyrrole nitrogens is 1. The number of nitrogens with zero attached hydrogens (tertiary/aromatic N) is 3. The lowest BCUT2D eigenvalue weighted by Crippen LogP contribution is -2.53. The molecular formula is C16H16N6O3. The average molecular weight is 340 g/mol. The zero-order chi connectivity index (χ0) is 18.0. The molecule has 25 heavy (non-hydrogen) atoms. The average Bonchev–Trinajstić information content (AvgIpc) is 2.99. The molecule has 0 aliphatic heterocycles. The summed E-state index contributed by atoms with van der Waals surface area (Å²) in [6, 6.07) is 8.70.